The third-order valence-corrected chi connectivity index (χ3v) is 4.05. The van der Waals surface area contributed by atoms with Gasteiger partial charge in [0.25, 0.3) is 0 Å². The first-order valence-electron chi connectivity index (χ1n) is 7.64. The minimum absolute atomic E-state index is 0.607. The van der Waals surface area contributed by atoms with E-state index >= 15 is 0 Å². The molecule has 1 aromatic rings. The SMILES string of the molecule is CCNC(Cc1ccc(C)cc1)CC1CCOCC1. The second-order valence-electron chi connectivity index (χ2n) is 5.74. The zero-order valence-corrected chi connectivity index (χ0v) is 12.3. The zero-order valence-electron chi connectivity index (χ0n) is 12.3. The predicted molar refractivity (Wildman–Crippen MR) is 80.5 cm³/mol. The number of aryl methyl sites for hydroxylation is 1. The summed E-state index contributed by atoms with van der Waals surface area (Å²) in [7, 11) is 0. The van der Waals surface area contributed by atoms with E-state index in [0.29, 0.717) is 6.04 Å². The van der Waals surface area contributed by atoms with Crippen molar-refractivity contribution in [2.45, 2.75) is 45.6 Å². The summed E-state index contributed by atoms with van der Waals surface area (Å²) in [5.41, 5.74) is 2.79. The summed E-state index contributed by atoms with van der Waals surface area (Å²) < 4.78 is 5.45. The number of benzene rings is 1. The summed E-state index contributed by atoms with van der Waals surface area (Å²) in [6.07, 6.45) is 4.89. The van der Waals surface area contributed by atoms with Gasteiger partial charge in [0.05, 0.1) is 0 Å². The molecule has 1 aliphatic heterocycles. The molecule has 1 saturated heterocycles. The molecule has 0 spiro atoms. The molecule has 106 valence electrons. The molecule has 0 bridgehead atoms. The van der Waals surface area contributed by atoms with Gasteiger partial charge in [0.1, 0.15) is 0 Å². The van der Waals surface area contributed by atoms with Gasteiger partial charge in [-0.05, 0) is 50.6 Å². The van der Waals surface area contributed by atoms with Crippen molar-refractivity contribution in [3.8, 4) is 0 Å². The molecule has 19 heavy (non-hydrogen) atoms. The number of hydrogen-bond donors (Lipinski definition) is 1. The second kappa shape index (κ2) is 7.66. The monoisotopic (exact) mass is 261 g/mol. The fourth-order valence-electron chi connectivity index (χ4n) is 2.92. The Balaban J connectivity index is 1.89. The Kier molecular flexibility index (Phi) is 5.87. The van der Waals surface area contributed by atoms with E-state index in [9.17, 15) is 0 Å². The van der Waals surface area contributed by atoms with Crippen molar-refractivity contribution < 1.29 is 4.74 Å². The van der Waals surface area contributed by atoms with Gasteiger partial charge < -0.3 is 10.1 Å². The van der Waals surface area contributed by atoms with E-state index in [-0.39, 0.29) is 0 Å². The molecule has 1 heterocycles. The van der Waals surface area contributed by atoms with Crippen LogP contribution in [0.15, 0.2) is 24.3 Å². The average Bonchev–Trinajstić information content (AvgIpc) is 2.43. The average molecular weight is 261 g/mol. The van der Waals surface area contributed by atoms with Crippen LogP contribution in [-0.4, -0.2) is 25.8 Å². The number of likely N-dealkylation sites (N-methyl/N-ethyl adjacent to an activating group) is 1. The Morgan fingerprint density at radius 1 is 1.21 bits per heavy atom. The van der Waals surface area contributed by atoms with Gasteiger partial charge in [-0.15, -0.1) is 0 Å². The first-order valence-corrected chi connectivity index (χ1v) is 7.64. The Labute approximate surface area is 117 Å². The van der Waals surface area contributed by atoms with Crippen molar-refractivity contribution in [2.75, 3.05) is 19.8 Å². The van der Waals surface area contributed by atoms with E-state index < -0.39 is 0 Å². The van der Waals surface area contributed by atoms with Crippen molar-refractivity contribution in [3.05, 3.63) is 35.4 Å². The quantitative estimate of drug-likeness (QED) is 0.848. The van der Waals surface area contributed by atoms with E-state index in [1.165, 1.54) is 30.4 Å². The third kappa shape index (κ3) is 4.96. The highest BCUT2D eigenvalue weighted by Crippen LogP contribution is 2.21. The van der Waals surface area contributed by atoms with Crippen LogP contribution in [0.2, 0.25) is 0 Å². The van der Waals surface area contributed by atoms with Crippen molar-refractivity contribution in [2.24, 2.45) is 5.92 Å². The van der Waals surface area contributed by atoms with Gasteiger partial charge in [0.15, 0.2) is 0 Å². The minimum Gasteiger partial charge on any atom is -0.381 e. The fraction of sp³-hybridized carbons (Fsp3) is 0.647. The second-order valence-corrected chi connectivity index (χ2v) is 5.74. The normalized spacial score (nSPS) is 18.4. The molecule has 0 aromatic heterocycles. The summed E-state index contributed by atoms with van der Waals surface area (Å²) in [4.78, 5) is 0. The summed E-state index contributed by atoms with van der Waals surface area (Å²) in [6, 6.07) is 9.57. The molecular weight excluding hydrogens is 234 g/mol. The fourth-order valence-corrected chi connectivity index (χ4v) is 2.92. The molecule has 1 N–H and O–H groups in total. The first-order chi connectivity index (χ1) is 9.28. The van der Waals surface area contributed by atoms with Crippen molar-refractivity contribution >= 4 is 0 Å². The maximum atomic E-state index is 5.45. The summed E-state index contributed by atoms with van der Waals surface area (Å²) in [5.74, 6) is 0.836. The van der Waals surface area contributed by atoms with Crippen LogP contribution in [0, 0.1) is 12.8 Å². The van der Waals surface area contributed by atoms with Crippen LogP contribution in [0.5, 0.6) is 0 Å². The molecule has 2 nitrogen and oxygen atoms in total. The third-order valence-electron chi connectivity index (χ3n) is 4.05. The topological polar surface area (TPSA) is 21.3 Å². The molecule has 0 radical (unpaired) electrons. The molecule has 0 saturated carbocycles. The molecular formula is C17H27NO. The molecule has 0 amide bonds. The summed E-state index contributed by atoms with van der Waals surface area (Å²) in [5, 5.41) is 3.65. The Morgan fingerprint density at radius 3 is 2.53 bits per heavy atom. The molecule has 1 aliphatic rings. The molecule has 2 rings (SSSR count). The largest absolute Gasteiger partial charge is 0.381 e. The lowest BCUT2D eigenvalue weighted by atomic mass is 9.89. The van der Waals surface area contributed by atoms with Gasteiger partial charge in [-0.2, -0.15) is 0 Å². The zero-order chi connectivity index (χ0) is 13.5. The first kappa shape index (κ1) is 14.5. The summed E-state index contributed by atoms with van der Waals surface area (Å²) in [6.45, 7) is 7.31. The van der Waals surface area contributed by atoms with Crippen molar-refractivity contribution in [1.82, 2.24) is 5.32 Å². The van der Waals surface area contributed by atoms with E-state index in [0.717, 1.165) is 32.1 Å². The number of nitrogens with one attached hydrogen (secondary N) is 1. The molecule has 2 heteroatoms. The number of rotatable bonds is 6. The lowest BCUT2D eigenvalue weighted by Gasteiger charge is -2.27. The van der Waals surface area contributed by atoms with Crippen LogP contribution in [0.3, 0.4) is 0 Å². The van der Waals surface area contributed by atoms with Crippen molar-refractivity contribution in [1.29, 1.82) is 0 Å². The van der Waals surface area contributed by atoms with Gasteiger partial charge in [0, 0.05) is 19.3 Å². The van der Waals surface area contributed by atoms with Crippen LogP contribution in [-0.2, 0) is 11.2 Å². The van der Waals surface area contributed by atoms with Crippen LogP contribution < -0.4 is 5.32 Å². The smallest absolute Gasteiger partial charge is 0.0468 e. The standard InChI is InChI=1S/C17H27NO/c1-3-18-17(13-16-8-10-19-11-9-16)12-15-6-4-14(2)5-7-15/h4-7,16-18H,3,8-13H2,1-2H3. The maximum Gasteiger partial charge on any atom is 0.0468 e. The molecule has 0 aliphatic carbocycles. The van der Waals surface area contributed by atoms with Crippen LogP contribution in [0.4, 0.5) is 0 Å². The number of hydrogen-bond acceptors (Lipinski definition) is 2. The number of ether oxygens (including phenoxy) is 1. The van der Waals surface area contributed by atoms with Gasteiger partial charge in [-0.3, -0.25) is 0 Å². The lowest BCUT2D eigenvalue weighted by molar-refractivity contribution is 0.0606. The molecule has 1 aromatic carbocycles. The van der Waals surface area contributed by atoms with E-state index in [1.807, 2.05) is 0 Å². The molecule has 1 atom stereocenters. The Morgan fingerprint density at radius 2 is 1.89 bits per heavy atom. The van der Waals surface area contributed by atoms with Crippen molar-refractivity contribution in [3.63, 3.8) is 0 Å². The van der Waals surface area contributed by atoms with Crippen LogP contribution >= 0.6 is 0 Å². The lowest BCUT2D eigenvalue weighted by Crippen LogP contribution is -2.34. The highest BCUT2D eigenvalue weighted by molar-refractivity contribution is 5.22. The van der Waals surface area contributed by atoms with Gasteiger partial charge >= 0.3 is 0 Å². The highest BCUT2D eigenvalue weighted by Gasteiger charge is 2.19. The van der Waals surface area contributed by atoms with Gasteiger partial charge in [0.2, 0.25) is 0 Å². The predicted octanol–water partition coefficient (Wildman–Crippen LogP) is 3.33. The summed E-state index contributed by atoms with van der Waals surface area (Å²) >= 11 is 0. The maximum absolute atomic E-state index is 5.45. The Hall–Kier alpha value is -0.860. The van der Waals surface area contributed by atoms with E-state index in [2.05, 4.69) is 43.4 Å². The highest BCUT2D eigenvalue weighted by atomic mass is 16.5. The van der Waals surface area contributed by atoms with Gasteiger partial charge in [-0.25, -0.2) is 0 Å². The van der Waals surface area contributed by atoms with Gasteiger partial charge in [-0.1, -0.05) is 36.8 Å². The van der Waals surface area contributed by atoms with E-state index in [4.69, 9.17) is 4.74 Å². The molecule has 1 unspecified atom stereocenters. The van der Waals surface area contributed by atoms with Crippen LogP contribution in [0.1, 0.15) is 37.3 Å². The molecule has 1 fully saturated rings. The van der Waals surface area contributed by atoms with E-state index in [1.54, 1.807) is 0 Å². The Bertz CT molecular complexity index is 354. The minimum atomic E-state index is 0.607. The van der Waals surface area contributed by atoms with Crippen LogP contribution in [0.25, 0.3) is 0 Å².